The molecule has 1 atom stereocenters. The quantitative estimate of drug-likeness (QED) is 0.617. The molecule has 172 valence electrons. The van der Waals surface area contributed by atoms with E-state index < -0.39 is 0 Å². The van der Waals surface area contributed by atoms with Crippen molar-refractivity contribution >= 4 is 27.5 Å². The number of morpholine rings is 1. The highest BCUT2D eigenvalue weighted by Crippen LogP contribution is 2.27. The van der Waals surface area contributed by atoms with Gasteiger partial charge in [-0.25, -0.2) is 4.98 Å². The first kappa shape index (κ1) is 22.0. The van der Waals surface area contributed by atoms with E-state index in [1.54, 1.807) is 10.6 Å². The monoisotopic (exact) mass is 464 g/mol. The number of ether oxygens (including phenoxy) is 1. The number of piperidine rings is 1. The van der Waals surface area contributed by atoms with Crippen LogP contribution in [-0.4, -0.2) is 59.9 Å². The zero-order valence-electron chi connectivity index (χ0n) is 18.6. The zero-order chi connectivity index (χ0) is 22.8. The first-order chi connectivity index (χ1) is 16.1. The summed E-state index contributed by atoms with van der Waals surface area (Å²) in [5.41, 5.74) is 8.33. The Morgan fingerprint density at radius 2 is 2.03 bits per heavy atom. The standard InChI is InChI=1S/C24H28N6O2S/c25-13-17-4-1-2-5-18(17)14-30-23(31)22-21(27-24(30)29-7-3-6-19(26)15-29)12-20(33-22)16-28-8-10-32-11-9-28/h1-2,4-5,12,19H,3,6-11,14-16,26H2/t19-/m1/s1. The van der Waals surface area contributed by atoms with Gasteiger partial charge in [0.1, 0.15) is 4.70 Å². The second kappa shape index (κ2) is 9.61. The van der Waals surface area contributed by atoms with Gasteiger partial charge in [-0.3, -0.25) is 14.3 Å². The van der Waals surface area contributed by atoms with Crippen LogP contribution in [0.5, 0.6) is 0 Å². The lowest BCUT2D eigenvalue weighted by Gasteiger charge is -2.33. The lowest BCUT2D eigenvalue weighted by atomic mass is 10.1. The van der Waals surface area contributed by atoms with E-state index in [1.807, 2.05) is 18.2 Å². The summed E-state index contributed by atoms with van der Waals surface area (Å²) in [5, 5.41) is 9.56. The van der Waals surface area contributed by atoms with E-state index >= 15 is 0 Å². The molecule has 4 heterocycles. The van der Waals surface area contributed by atoms with E-state index in [-0.39, 0.29) is 11.6 Å². The second-order valence-electron chi connectivity index (χ2n) is 8.74. The molecule has 3 aromatic rings. The summed E-state index contributed by atoms with van der Waals surface area (Å²) in [6.07, 6.45) is 1.94. The van der Waals surface area contributed by atoms with Gasteiger partial charge in [-0.1, -0.05) is 18.2 Å². The van der Waals surface area contributed by atoms with Crippen molar-refractivity contribution in [2.75, 3.05) is 44.3 Å². The zero-order valence-corrected chi connectivity index (χ0v) is 19.4. The van der Waals surface area contributed by atoms with Gasteiger partial charge in [0.2, 0.25) is 5.95 Å². The van der Waals surface area contributed by atoms with Crippen molar-refractivity contribution in [2.24, 2.45) is 5.73 Å². The molecule has 2 saturated heterocycles. The summed E-state index contributed by atoms with van der Waals surface area (Å²) < 4.78 is 7.85. The molecule has 0 saturated carbocycles. The van der Waals surface area contributed by atoms with E-state index in [9.17, 15) is 10.1 Å². The van der Waals surface area contributed by atoms with E-state index in [1.165, 1.54) is 11.3 Å². The van der Waals surface area contributed by atoms with Gasteiger partial charge in [-0.05, 0) is 30.5 Å². The van der Waals surface area contributed by atoms with Crippen LogP contribution < -0.4 is 16.2 Å². The third-order valence-electron chi connectivity index (χ3n) is 6.35. The number of aromatic nitrogens is 2. The number of nitrogens with zero attached hydrogens (tertiary/aromatic N) is 5. The lowest BCUT2D eigenvalue weighted by molar-refractivity contribution is 0.0346. The summed E-state index contributed by atoms with van der Waals surface area (Å²) in [4.78, 5) is 24.3. The summed E-state index contributed by atoms with van der Waals surface area (Å²) in [6.45, 7) is 5.87. The molecule has 33 heavy (non-hydrogen) atoms. The molecule has 2 aromatic heterocycles. The number of rotatable bonds is 5. The van der Waals surface area contributed by atoms with Gasteiger partial charge >= 0.3 is 0 Å². The molecule has 9 heteroatoms. The Kier molecular flexibility index (Phi) is 6.42. The van der Waals surface area contributed by atoms with Gasteiger partial charge in [0, 0.05) is 43.6 Å². The third kappa shape index (κ3) is 4.66. The number of thiophene rings is 1. The Hall–Kier alpha value is -2.77. The fourth-order valence-electron chi connectivity index (χ4n) is 4.62. The van der Waals surface area contributed by atoms with Crippen molar-refractivity contribution in [1.82, 2.24) is 14.5 Å². The van der Waals surface area contributed by atoms with Crippen molar-refractivity contribution < 1.29 is 4.74 Å². The average molecular weight is 465 g/mol. The minimum Gasteiger partial charge on any atom is -0.379 e. The van der Waals surface area contributed by atoms with Crippen LogP contribution in [0.25, 0.3) is 10.2 Å². The summed E-state index contributed by atoms with van der Waals surface area (Å²) in [5.74, 6) is 0.645. The molecule has 2 aliphatic rings. The van der Waals surface area contributed by atoms with Crippen LogP contribution in [0.1, 0.15) is 28.8 Å². The summed E-state index contributed by atoms with van der Waals surface area (Å²) in [7, 11) is 0. The fraction of sp³-hybridized carbons (Fsp3) is 0.458. The first-order valence-electron chi connectivity index (χ1n) is 11.4. The first-order valence-corrected chi connectivity index (χ1v) is 12.3. The predicted octanol–water partition coefficient (Wildman–Crippen LogP) is 2.14. The van der Waals surface area contributed by atoms with Crippen LogP contribution >= 0.6 is 11.3 Å². The summed E-state index contributed by atoms with van der Waals surface area (Å²) in [6, 6.07) is 11.8. The highest BCUT2D eigenvalue weighted by molar-refractivity contribution is 7.18. The third-order valence-corrected chi connectivity index (χ3v) is 7.45. The molecule has 2 aliphatic heterocycles. The number of anilines is 1. The van der Waals surface area contributed by atoms with E-state index in [0.717, 1.165) is 68.2 Å². The molecule has 2 N–H and O–H groups in total. The maximum atomic E-state index is 13.7. The topological polar surface area (TPSA) is 100 Å². The molecule has 1 aromatic carbocycles. The minimum atomic E-state index is -0.0554. The smallest absolute Gasteiger partial charge is 0.273 e. The van der Waals surface area contributed by atoms with Crippen molar-refractivity contribution in [1.29, 1.82) is 5.26 Å². The maximum absolute atomic E-state index is 13.7. The molecular weight excluding hydrogens is 436 g/mol. The minimum absolute atomic E-state index is 0.0554. The van der Waals surface area contributed by atoms with Gasteiger partial charge in [-0.15, -0.1) is 11.3 Å². The molecule has 8 nitrogen and oxygen atoms in total. The molecule has 0 spiro atoms. The Balaban J connectivity index is 1.57. The highest BCUT2D eigenvalue weighted by atomic mass is 32.1. The number of nitrogens with two attached hydrogens (primary N) is 1. The van der Waals surface area contributed by atoms with Crippen molar-refractivity contribution in [3.63, 3.8) is 0 Å². The van der Waals surface area contributed by atoms with Gasteiger partial charge in [0.05, 0.1) is 36.9 Å². The largest absolute Gasteiger partial charge is 0.379 e. The van der Waals surface area contributed by atoms with Crippen LogP contribution in [0.4, 0.5) is 5.95 Å². The predicted molar refractivity (Wildman–Crippen MR) is 130 cm³/mol. The van der Waals surface area contributed by atoms with Crippen molar-refractivity contribution in [2.45, 2.75) is 32.0 Å². The normalized spacial score (nSPS) is 19.6. The molecule has 0 unspecified atom stereocenters. The van der Waals surface area contributed by atoms with Gasteiger partial charge in [0.25, 0.3) is 5.56 Å². The fourth-order valence-corrected chi connectivity index (χ4v) is 5.71. The molecular formula is C24H28N6O2S. The molecule has 0 bridgehead atoms. The summed E-state index contributed by atoms with van der Waals surface area (Å²) >= 11 is 1.52. The van der Waals surface area contributed by atoms with E-state index in [4.69, 9.17) is 15.5 Å². The van der Waals surface area contributed by atoms with Crippen LogP contribution in [0.2, 0.25) is 0 Å². The Bertz CT molecular complexity index is 1240. The highest BCUT2D eigenvalue weighted by Gasteiger charge is 2.24. The number of hydrogen-bond acceptors (Lipinski definition) is 8. The van der Waals surface area contributed by atoms with Gasteiger partial charge < -0.3 is 15.4 Å². The van der Waals surface area contributed by atoms with Crippen LogP contribution in [0.15, 0.2) is 35.1 Å². The van der Waals surface area contributed by atoms with E-state index in [2.05, 4.69) is 21.9 Å². The van der Waals surface area contributed by atoms with Crippen molar-refractivity contribution in [3.05, 3.63) is 56.7 Å². The van der Waals surface area contributed by atoms with Crippen LogP contribution in [0, 0.1) is 11.3 Å². The van der Waals surface area contributed by atoms with Gasteiger partial charge in [0.15, 0.2) is 0 Å². The molecule has 0 amide bonds. The van der Waals surface area contributed by atoms with Crippen LogP contribution in [0.3, 0.4) is 0 Å². The second-order valence-corrected chi connectivity index (χ2v) is 9.87. The van der Waals surface area contributed by atoms with Crippen molar-refractivity contribution in [3.8, 4) is 6.07 Å². The molecule has 5 rings (SSSR count). The number of hydrogen-bond donors (Lipinski definition) is 1. The molecule has 2 fully saturated rings. The number of fused-ring (bicyclic) bond motifs is 1. The number of nitriles is 1. The van der Waals surface area contributed by atoms with Crippen LogP contribution in [-0.2, 0) is 17.8 Å². The number of benzene rings is 1. The Morgan fingerprint density at radius 3 is 2.82 bits per heavy atom. The lowest BCUT2D eigenvalue weighted by Crippen LogP contribution is -2.45. The molecule has 0 aliphatic carbocycles. The van der Waals surface area contributed by atoms with E-state index in [0.29, 0.717) is 29.3 Å². The SMILES string of the molecule is N#Cc1ccccc1Cn1c(N2CCC[C@@H](N)C2)nc2cc(CN3CCOCC3)sc2c1=O. The molecule has 0 radical (unpaired) electrons. The van der Waals surface area contributed by atoms with Gasteiger partial charge in [-0.2, -0.15) is 5.26 Å². The Morgan fingerprint density at radius 1 is 1.21 bits per heavy atom. The average Bonchev–Trinajstić information content (AvgIpc) is 3.24. The Labute approximate surface area is 196 Å². The maximum Gasteiger partial charge on any atom is 0.273 e.